The van der Waals surface area contributed by atoms with Gasteiger partial charge in [-0.2, -0.15) is 5.10 Å². The van der Waals surface area contributed by atoms with Crippen LogP contribution in [0.3, 0.4) is 0 Å². The standard InChI is InChI=1S/C16H12N6O2/c23-15(12-4-5-17-14-13(12)21-16(24)22-14)20-11-3-1-2-9(6-11)10-7-18-19-8-10/h1-8H,(H,18,19)(H,20,23)(H2,17,21,22,24). The summed E-state index contributed by atoms with van der Waals surface area (Å²) in [5.74, 6) is -0.331. The number of benzene rings is 1. The maximum Gasteiger partial charge on any atom is 0.325 e. The number of nitrogens with one attached hydrogen (secondary N) is 4. The first-order valence-electron chi connectivity index (χ1n) is 7.18. The minimum absolute atomic E-state index is 0.331. The lowest BCUT2D eigenvalue weighted by Gasteiger charge is -2.07. The molecule has 3 heterocycles. The highest BCUT2D eigenvalue weighted by Crippen LogP contribution is 2.22. The predicted octanol–water partition coefficient (Wildman–Crippen LogP) is 1.89. The highest BCUT2D eigenvalue weighted by molar-refractivity contribution is 6.11. The van der Waals surface area contributed by atoms with Gasteiger partial charge in [0.2, 0.25) is 0 Å². The van der Waals surface area contributed by atoms with Crippen LogP contribution in [0.5, 0.6) is 0 Å². The van der Waals surface area contributed by atoms with Gasteiger partial charge in [-0.1, -0.05) is 12.1 Å². The Labute approximate surface area is 135 Å². The fourth-order valence-electron chi connectivity index (χ4n) is 2.51. The number of aromatic nitrogens is 5. The topological polar surface area (TPSA) is 119 Å². The van der Waals surface area contributed by atoms with Crippen molar-refractivity contribution in [1.29, 1.82) is 0 Å². The Kier molecular flexibility index (Phi) is 3.20. The fraction of sp³-hybridized carbons (Fsp3) is 0. The third kappa shape index (κ3) is 2.45. The Morgan fingerprint density at radius 2 is 2.04 bits per heavy atom. The predicted molar refractivity (Wildman–Crippen MR) is 88.7 cm³/mol. The molecule has 4 N–H and O–H groups in total. The highest BCUT2D eigenvalue weighted by atomic mass is 16.2. The Balaban J connectivity index is 1.66. The Morgan fingerprint density at radius 3 is 2.88 bits per heavy atom. The number of nitrogens with zero attached hydrogens (tertiary/aromatic N) is 2. The number of carbonyl (C=O) groups excluding carboxylic acids is 1. The quantitative estimate of drug-likeness (QED) is 0.461. The summed E-state index contributed by atoms with van der Waals surface area (Å²) < 4.78 is 0. The van der Waals surface area contributed by atoms with Gasteiger partial charge < -0.3 is 10.3 Å². The molecule has 1 aromatic carbocycles. The molecule has 0 aliphatic rings. The highest BCUT2D eigenvalue weighted by Gasteiger charge is 2.13. The molecule has 0 aliphatic carbocycles. The molecule has 0 unspecified atom stereocenters. The number of hydrogen-bond donors (Lipinski definition) is 4. The van der Waals surface area contributed by atoms with Crippen LogP contribution in [-0.2, 0) is 0 Å². The van der Waals surface area contributed by atoms with E-state index in [0.717, 1.165) is 11.1 Å². The number of hydrogen-bond acceptors (Lipinski definition) is 4. The van der Waals surface area contributed by atoms with E-state index in [1.54, 1.807) is 24.5 Å². The van der Waals surface area contributed by atoms with Crippen molar-refractivity contribution in [3.8, 4) is 11.1 Å². The molecule has 118 valence electrons. The first kappa shape index (κ1) is 13.9. The summed E-state index contributed by atoms with van der Waals surface area (Å²) in [5.41, 5.74) is 3.16. The van der Waals surface area contributed by atoms with Crippen molar-refractivity contribution in [3.63, 3.8) is 0 Å². The Morgan fingerprint density at radius 1 is 1.12 bits per heavy atom. The minimum Gasteiger partial charge on any atom is -0.322 e. The van der Waals surface area contributed by atoms with E-state index in [-0.39, 0.29) is 5.91 Å². The lowest BCUT2D eigenvalue weighted by atomic mass is 10.1. The van der Waals surface area contributed by atoms with Gasteiger partial charge in [0.15, 0.2) is 5.65 Å². The van der Waals surface area contributed by atoms with Crippen molar-refractivity contribution in [1.82, 2.24) is 25.1 Å². The zero-order valence-electron chi connectivity index (χ0n) is 12.3. The van der Waals surface area contributed by atoms with Gasteiger partial charge in [0.25, 0.3) is 5.91 Å². The SMILES string of the molecule is O=C(Nc1cccc(-c2cn[nH]c2)c1)c1ccnc2[nH]c(=O)[nH]c12. The number of amides is 1. The molecule has 0 radical (unpaired) electrons. The second kappa shape index (κ2) is 5.51. The van der Waals surface area contributed by atoms with Crippen LogP contribution >= 0.6 is 0 Å². The summed E-state index contributed by atoms with van der Waals surface area (Å²) in [6.07, 6.45) is 4.96. The van der Waals surface area contributed by atoms with E-state index in [4.69, 9.17) is 0 Å². The number of fused-ring (bicyclic) bond motifs is 1. The molecule has 0 spiro atoms. The van der Waals surface area contributed by atoms with Crippen LogP contribution in [0.2, 0.25) is 0 Å². The lowest BCUT2D eigenvalue weighted by molar-refractivity contribution is 0.102. The third-order valence-electron chi connectivity index (χ3n) is 3.62. The van der Waals surface area contributed by atoms with Crippen molar-refractivity contribution in [2.24, 2.45) is 0 Å². The van der Waals surface area contributed by atoms with Gasteiger partial charge in [0, 0.05) is 23.6 Å². The molecule has 1 amide bonds. The van der Waals surface area contributed by atoms with Gasteiger partial charge in [0.05, 0.1) is 17.3 Å². The molecule has 0 fully saturated rings. The maximum absolute atomic E-state index is 12.5. The first-order valence-corrected chi connectivity index (χ1v) is 7.18. The van der Waals surface area contributed by atoms with Crippen molar-refractivity contribution < 1.29 is 4.79 Å². The van der Waals surface area contributed by atoms with Crippen LogP contribution in [-0.4, -0.2) is 31.1 Å². The Hall–Kier alpha value is -3.68. The zero-order valence-corrected chi connectivity index (χ0v) is 12.3. The van der Waals surface area contributed by atoms with Crippen LogP contribution in [0.25, 0.3) is 22.3 Å². The molecule has 24 heavy (non-hydrogen) atoms. The molecule has 4 rings (SSSR count). The van der Waals surface area contributed by atoms with Gasteiger partial charge in [-0.25, -0.2) is 9.78 Å². The number of aromatic amines is 3. The van der Waals surface area contributed by atoms with E-state index in [2.05, 4.69) is 30.5 Å². The number of anilines is 1. The van der Waals surface area contributed by atoms with E-state index >= 15 is 0 Å². The van der Waals surface area contributed by atoms with E-state index < -0.39 is 5.69 Å². The van der Waals surface area contributed by atoms with Gasteiger partial charge in [-0.15, -0.1) is 0 Å². The largest absolute Gasteiger partial charge is 0.325 e. The molecule has 8 nitrogen and oxygen atoms in total. The summed E-state index contributed by atoms with van der Waals surface area (Å²) in [5, 5.41) is 9.50. The number of imidazole rings is 1. The maximum atomic E-state index is 12.5. The Bertz CT molecular complexity index is 1080. The van der Waals surface area contributed by atoms with E-state index in [0.29, 0.717) is 22.4 Å². The fourth-order valence-corrected chi connectivity index (χ4v) is 2.51. The molecule has 0 bridgehead atoms. The average molecular weight is 320 g/mol. The monoisotopic (exact) mass is 320 g/mol. The number of rotatable bonds is 3. The smallest absolute Gasteiger partial charge is 0.322 e. The summed E-state index contributed by atoms with van der Waals surface area (Å²) in [6, 6.07) is 8.97. The number of H-pyrrole nitrogens is 3. The van der Waals surface area contributed by atoms with E-state index in [1.807, 2.05) is 18.2 Å². The van der Waals surface area contributed by atoms with Crippen LogP contribution < -0.4 is 11.0 Å². The van der Waals surface area contributed by atoms with Gasteiger partial charge in [0.1, 0.15) is 0 Å². The lowest BCUT2D eigenvalue weighted by Crippen LogP contribution is -2.13. The number of carbonyl (C=O) groups is 1. The molecular weight excluding hydrogens is 308 g/mol. The second-order valence-corrected chi connectivity index (χ2v) is 5.18. The molecule has 0 aliphatic heterocycles. The number of pyridine rings is 1. The molecule has 3 aromatic heterocycles. The average Bonchev–Trinajstić information content (AvgIpc) is 3.23. The van der Waals surface area contributed by atoms with Crippen molar-refractivity contribution in [2.75, 3.05) is 5.32 Å². The molecule has 0 saturated heterocycles. The zero-order chi connectivity index (χ0) is 16.5. The molecule has 0 saturated carbocycles. The van der Waals surface area contributed by atoms with Crippen molar-refractivity contribution in [3.05, 3.63) is 65.0 Å². The second-order valence-electron chi connectivity index (χ2n) is 5.18. The minimum atomic E-state index is -0.403. The normalized spacial score (nSPS) is 10.8. The summed E-state index contributed by atoms with van der Waals surface area (Å²) in [7, 11) is 0. The van der Waals surface area contributed by atoms with Gasteiger partial charge in [-0.05, 0) is 23.8 Å². The summed E-state index contributed by atoms with van der Waals surface area (Å²) >= 11 is 0. The van der Waals surface area contributed by atoms with E-state index in [9.17, 15) is 9.59 Å². The molecule has 8 heteroatoms. The van der Waals surface area contributed by atoms with Gasteiger partial charge >= 0.3 is 5.69 Å². The van der Waals surface area contributed by atoms with Crippen LogP contribution in [0.15, 0.2) is 53.7 Å². The van der Waals surface area contributed by atoms with Crippen LogP contribution in [0.4, 0.5) is 5.69 Å². The molecule has 0 atom stereocenters. The first-order chi connectivity index (χ1) is 11.7. The summed E-state index contributed by atoms with van der Waals surface area (Å²) in [6.45, 7) is 0. The summed E-state index contributed by atoms with van der Waals surface area (Å²) in [4.78, 5) is 33.1. The van der Waals surface area contributed by atoms with Crippen LogP contribution in [0.1, 0.15) is 10.4 Å². The van der Waals surface area contributed by atoms with Crippen LogP contribution in [0, 0.1) is 0 Å². The third-order valence-corrected chi connectivity index (χ3v) is 3.62. The van der Waals surface area contributed by atoms with E-state index in [1.165, 1.54) is 6.20 Å². The van der Waals surface area contributed by atoms with Crippen molar-refractivity contribution in [2.45, 2.75) is 0 Å². The van der Waals surface area contributed by atoms with Gasteiger partial charge in [-0.3, -0.25) is 14.9 Å². The molecule has 4 aromatic rings. The van der Waals surface area contributed by atoms with Crippen molar-refractivity contribution >= 4 is 22.8 Å². The molecular formula is C16H12N6O2.